The lowest BCUT2D eigenvalue weighted by atomic mass is 10.1. The predicted molar refractivity (Wildman–Crippen MR) is 110 cm³/mol. The van der Waals surface area contributed by atoms with Gasteiger partial charge in [-0.2, -0.15) is 0 Å². The quantitative estimate of drug-likeness (QED) is 0.641. The number of rotatable bonds is 7. The van der Waals surface area contributed by atoms with Crippen molar-refractivity contribution in [2.24, 2.45) is 0 Å². The van der Waals surface area contributed by atoms with Crippen molar-refractivity contribution in [1.29, 1.82) is 0 Å². The van der Waals surface area contributed by atoms with E-state index in [4.69, 9.17) is 0 Å². The molecule has 0 bridgehead atoms. The van der Waals surface area contributed by atoms with Crippen molar-refractivity contribution >= 4 is 28.4 Å². The average molecular weight is 393 g/mol. The number of benzene rings is 2. The van der Waals surface area contributed by atoms with E-state index in [2.05, 4.69) is 20.9 Å². The standard InChI is InChI=1S/C21H23N5O3/c1-3-19(27)23-16-10-8-15(9-11-16)14(2)22-20(28)12-13-26-21(29)17-6-4-5-7-18(17)24-25-26/h4-11,14H,3,12-13H2,1-2H3,(H,22,28)(H,23,27). The van der Waals surface area contributed by atoms with Crippen LogP contribution in [0.25, 0.3) is 10.9 Å². The number of hydrogen-bond acceptors (Lipinski definition) is 5. The number of nitrogens with zero attached hydrogens (tertiary/aromatic N) is 3. The zero-order valence-corrected chi connectivity index (χ0v) is 16.4. The molecule has 2 amide bonds. The Morgan fingerprint density at radius 2 is 1.79 bits per heavy atom. The second-order valence-electron chi connectivity index (χ2n) is 6.70. The number of hydrogen-bond donors (Lipinski definition) is 2. The lowest BCUT2D eigenvalue weighted by molar-refractivity contribution is -0.122. The van der Waals surface area contributed by atoms with Gasteiger partial charge >= 0.3 is 0 Å². The van der Waals surface area contributed by atoms with Gasteiger partial charge in [-0.05, 0) is 36.8 Å². The van der Waals surface area contributed by atoms with Gasteiger partial charge in [-0.15, -0.1) is 5.10 Å². The van der Waals surface area contributed by atoms with Crippen LogP contribution in [0.5, 0.6) is 0 Å². The molecule has 0 aliphatic rings. The highest BCUT2D eigenvalue weighted by Gasteiger charge is 2.12. The molecule has 1 unspecified atom stereocenters. The normalized spacial score (nSPS) is 11.8. The molecule has 3 rings (SSSR count). The number of nitrogens with one attached hydrogen (secondary N) is 2. The maximum atomic E-state index is 12.4. The summed E-state index contributed by atoms with van der Waals surface area (Å²) in [6, 6.07) is 14.1. The molecule has 0 saturated carbocycles. The maximum absolute atomic E-state index is 12.4. The maximum Gasteiger partial charge on any atom is 0.277 e. The predicted octanol–water partition coefficient (Wildman–Crippen LogP) is 2.41. The number of anilines is 1. The van der Waals surface area contributed by atoms with E-state index >= 15 is 0 Å². The third kappa shape index (κ3) is 5.04. The molecule has 8 nitrogen and oxygen atoms in total. The first kappa shape index (κ1) is 20.2. The molecule has 29 heavy (non-hydrogen) atoms. The van der Waals surface area contributed by atoms with Crippen LogP contribution in [0, 0.1) is 0 Å². The van der Waals surface area contributed by atoms with E-state index < -0.39 is 0 Å². The Balaban J connectivity index is 1.57. The van der Waals surface area contributed by atoms with Gasteiger partial charge < -0.3 is 10.6 Å². The highest BCUT2D eigenvalue weighted by atomic mass is 16.2. The van der Waals surface area contributed by atoms with Crippen LogP contribution in [0.15, 0.2) is 53.3 Å². The summed E-state index contributed by atoms with van der Waals surface area (Å²) in [5.41, 5.74) is 1.90. The minimum atomic E-state index is -0.263. The topological polar surface area (TPSA) is 106 Å². The fourth-order valence-corrected chi connectivity index (χ4v) is 2.88. The molecule has 2 N–H and O–H groups in total. The van der Waals surface area contributed by atoms with Crippen molar-refractivity contribution in [3.05, 3.63) is 64.4 Å². The molecular formula is C21H23N5O3. The number of carbonyl (C=O) groups excluding carboxylic acids is 2. The Kier molecular flexibility index (Phi) is 6.33. The monoisotopic (exact) mass is 393 g/mol. The lowest BCUT2D eigenvalue weighted by Crippen LogP contribution is -2.30. The molecule has 0 spiro atoms. The average Bonchev–Trinajstić information content (AvgIpc) is 2.73. The summed E-state index contributed by atoms with van der Waals surface area (Å²) in [6.07, 6.45) is 0.529. The summed E-state index contributed by atoms with van der Waals surface area (Å²) in [7, 11) is 0. The first-order valence-electron chi connectivity index (χ1n) is 9.49. The van der Waals surface area contributed by atoms with Gasteiger partial charge in [-0.3, -0.25) is 14.4 Å². The van der Waals surface area contributed by atoms with Crippen LogP contribution in [-0.2, 0) is 16.1 Å². The summed E-state index contributed by atoms with van der Waals surface area (Å²) < 4.78 is 1.21. The number of aromatic nitrogens is 3. The molecule has 0 aliphatic carbocycles. The third-order valence-electron chi connectivity index (χ3n) is 4.57. The Labute approximate surface area is 167 Å². The molecule has 0 saturated heterocycles. The van der Waals surface area contributed by atoms with Gasteiger partial charge in [0.15, 0.2) is 0 Å². The van der Waals surface area contributed by atoms with Crippen LogP contribution in [-0.4, -0.2) is 26.8 Å². The lowest BCUT2D eigenvalue weighted by Gasteiger charge is -2.15. The summed E-state index contributed by atoms with van der Waals surface area (Å²) in [4.78, 5) is 36.1. The summed E-state index contributed by atoms with van der Waals surface area (Å²) >= 11 is 0. The minimum Gasteiger partial charge on any atom is -0.350 e. The van der Waals surface area contributed by atoms with Gasteiger partial charge in [-0.25, -0.2) is 4.68 Å². The molecule has 1 heterocycles. The fourth-order valence-electron chi connectivity index (χ4n) is 2.88. The van der Waals surface area contributed by atoms with Gasteiger partial charge in [0, 0.05) is 18.5 Å². The SMILES string of the molecule is CCC(=O)Nc1ccc(C(C)NC(=O)CCn2nnc3ccccc3c2=O)cc1. The molecule has 150 valence electrons. The number of carbonyl (C=O) groups is 2. The molecule has 1 atom stereocenters. The van der Waals surface area contributed by atoms with E-state index in [9.17, 15) is 14.4 Å². The van der Waals surface area contributed by atoms with Crippen molar-refractivity contribution in [3.8, 4) is 0 Å². The smallest absolute Gasteiger partial charge is 0.277 e. The van der Waals surface area contributed by atoms with Crippen LogP contribution in [0.4, 0.5) is 5.69 Å². The molecule has 8 heteroatoms. The van der Waals surface area contributed by atoms with Crippen molar-refractivity contribution < 1.29 is 9.59 Å². The molecule has 1 aromatic heterocycles. The van der Waals surface area contributed by atoms with Gasteiger partial charge in [0.1, 0.15) is 5.52 Å². The van der Waals surface area contributed by atoms with E-state index in [0.717, 1.165) is 5.56 Å². The van der Waals surface area contributed by atoms with Crippen LogP contribution >= 0.6 is 0 Å². The van der Waals surface area contributed by atoms with Gasteiger partial charge in [-0.1, -0.05) is 36.4 Å². The second kappa shape index (κ2) is 9.09. The van der Waals surface area contributed by atoms with Crippen molar-refractivity contribution in [2.75, 3.05) is 5.32 Å². The third-order valence-corrected chi connectivity index (χ3v) is 4.57. The van der Waals surface area contributed by atoms with Crippen LogP contribution in [0.1, 0.15) is 38.3 Å². The summed E-state index contributed by atoms with van der Waals surface area (Å²) in [5.74, 6) is -0.242. The summed E-state index contributed by atoms with van der Waals surface area (Å²) in [6.45, 7) is 3.82. The first-order valence-corrected chi connectivity index (χ1v) is 9.49. The fraction of sp³-hybridized carbons (Fsp3) is 0.286. The number of amides is 2. The Morgan fingerprint density at radius 3 is 2.52 bits per heavy atom. The zero-order chi connectivity index (χ0) is 20.8. The zero-order valence-electron chi connectivity index (χ0n) is 16.4. The van der Waals surface area contributed by atoms with Gasteiger partial charge in [0.05, 0.1) is 18.0 Å². The molecule has 3 aromatic rings. The van der Waals surface area contributed by atoms with E-state index in [-0.39, 0.29) is 36.4 Å². The van der Waals surface area contributed by atoms with E-state index in [1.54, 1.807) is 43.3 Å². The Hall–Kier alpha value is -3.55. The van der Waals surface area contributed by atoms with E-state index in [0.29, 0.717) is 23.0 Å². The Bertz CT molecular complexity index is 1080. The first-order chi connectivity index (χ1) is 14.0. The summed E-state index contributed by atoms with van der Waals surface area (Å²) in [5, 5.41) is 14.1. The van der Waals surface area contributed by atoms with Crippen LogP contribution in [0.3, 0.4) is 0 Å². The van der Waals surface area contributed by atoms with Crippen molar-refractivity contribution in [3.63, 3.8) is 0 Å². The molecular weight excluding hydrogens is 370 g/mol. The van der Waals surface area contributed by atoms with E-state index in [1.165, 1.54) is 4.68 Å². The molecule has 0 aliphatic heterocycles. The van der Waals surface area contributed by atoms with Gasteiger partial charge in [0.2, 0.25) is 11.8 Å². The van der Waals surface area contributed by atoms with Crippen LogP contribution in [0.2, 0.25) is 0 Å². The van der Waals surface area contributed by atoms with Gasteiger partial charge in [0.25, 0.3) is 5.56 Å². The van der Waals surface area contributed by atoms with Crippen molar-refractivity contribution in [2.45, 2.75) is 39.3 Å². The molecule has 0 radical (unpaired) electrons. The van der Waals surface area contributed by atoms with E-state index in [1.807, 2.05) is 19.1 Å². The number of fused-ring (bicyclic) bond motifs is 1. The van der Waals surface area contributed by atoms with Crippen molar-refractivity contribution in [1.82, 2.24) is 20.3 Å². The Morgan fingerprint density at radius 1 is 1.07 bits per heavy atom. The number of aryl methyl sites for hydroxylation is 1. The highest BCUT2D eigenvalue weighted by Crippen LogP contribution is 2.16. The second-order valence-corrected chi connectivity index (χ2v) is 6.70. The highest BCUT2D eigenvalue weighted by molar-refractivity contribution is 5.90. The molecule has 0 fully saturated rings. The molecule has 2 aromatic carbocycles. The largest absolute Gasteiger partial charge is 0.350 e. The van der Waals surface area contributed by atoms with Crippen LogP contribution < -0.4 is 16.2 Å². The minimum absolute atomic E-state index is 0.0499.